The number of aromatic nitrogens is 1. The summed E-state index contributed by atoms with van der Waals surface area (Å²) in [7, 11) is 1.58. The van der Waals surface area contributed by atoms with Gasteiger partial charge in [-0.25, -0.2) is 4.98 Å². The molecule has 7 nitrogen and oxygen atoms in total. The minimum atomic E-state index is -0.272. The zero-order valence-electron chi connectivity index (χ0n) is 18.6. The van der Waals surface area contributed by atoms with Crippen molar-refractivity contribution in [2.24, 2.45) is 0 Å². The van der Waals surface area contributed by atoms with Crippen LogP contribution >= 0.6 is 0 Å². The van der Waals surface area contributed by atoms with Crippen LogP contribution in [-0.4, -0.2) is 23.1 Å². The maximum absolute atomic E-state index is 12.8. The molecule has 0 unspecified atom stereocenters. The average Bonchev–Trinajstić information content (AvgIpc) is 2.75. The minimum Gasteiger partial charge on any atom is -0.508 e. The number of amides is 1. The Labute approximate surface area is 187 Å². The number of pyridine rings is 1. The first-order chi connectivity index (χ1) is 15.2. The predicted octanol–water partition coefficient (Wildman–Crippen LogP) is 4.53. The van der Waals surface area contributed by atoms with Crippen LogP contribution in [0, 0.1) is 18.3 Å². The fourth-order valence-electron chi connectivity index (χ4n) is 3.49. The third-order valence-electron chi connectivity index (χ3n) is 5.22. The number of benzene rings is 2. The Bertz CT molecular complexity index is 1200. The molecule has 4 N–H and O–H groups in total. The lowest BCUT2D eigenvalue weighted by Crippen LogP contribution is -2.17. The van der Waals surface area contributed by atoms with E-state index >= 15 is 0 Å². The normalized spacial score (nSPS) is 10.6. The second-order valence-corrected chi connectivity index (χ2v) is 7.87. The highest BCUT2D eigenvalue weighted by Crippen LogP contribution is 2.32. The first kappa shape index (κ1) is 22.6. The summed E-state index contributed by atoms with van der Waals surface area (Å²) >= 11 is 0. The molecule has 0 saturated carbocycles. The van der Waals surface area contributed by atoms with Gasteiger partial charge in [0.15, 0.2) is 0 Å². The fourth-order valence-corrected chi connectivity index (χ4v) is 3.49. The van der Waals surface area contributed by atoms with Crippen molar-refractivity contribution in [3.05, 3.63) is 64.8 Å². The Kier molecular flexibility index (Phi) is 6.64. The number of carbonyl (C=O) groups excluding carboxylic acids is 1. The van der Waals surface area contributed by atoms with E-state index in [0.29, 0.717) is 22.7 Å². The molecule has 1 aromatic heterocycles. The highest BCUT2D eigenvalue weighted by molar-refractivity contribution is 5.93. The van der Waals surface area contributed by atoms with Gasteiger partial charge < -0.3 is 20.9 Å². The van der Waals surface area contributed by atoms with E-state index in [9.17, 15) is 15.2 Å². The minimum absolute atomic E-state index is 0.0175. The number of aryl methyl sites for hydroxylation is 1. The number of hydrogen-bond acceptors (Lipinski definition) is 6. The van der Waals surface area contributed by atoms with Gasteiger partial charge in [0.2, 0.25) is 5.91 Å². The van der Waals surface area contributed by atoms with Crippen LogP contribution in [0.2, 0.25) is 0 Å². The molecule has 0 bridgehead atoms. The number of hydrogen-bond donors (Lipinski definition) is 3. The smallest absolute Gasteiger partial charge is 0.230 e. The first-order valence-corrected chi connectivity index (χ1v) is 10.2. The van der Waals surface area contributed by atoms with Crippen molar-refractivity contribution in [2.45, 2.75) is 33.1 Å². The maximum atomic E-state index is 12.8. The van der Waals surface area contributed by atoms with Crippen molar-refractivity contribution in [3.8, 4) is 28.7 Å². The summed E-state index contributed by atoms with van der Waals surface area (Å²) in [5, 5.41) is 22.6. The molecular weight excluding hydrogens is 404 g/mol. The van der Waals surface area contributed by atoms with E-state index in [-0.39, 0.29) is 35.4 Å². The fraction of sp³-hybridized carbons (Fsp3) is 0.240. The van der Waals surface area contributed by atoms with Gasteiger partial charge >= 0.3 is 0 Å². The molecule has 0 aliphatic rings. The number of rotatable bonds is 6. The number of ether oxygens (including phenoxy) is 1. The molecule has 0 aliphatic heterocycles. The van der Waals surface area contributed by atoms with Crippen molar-refractivity contribution in [3.63, 3.8) is 0 Å². The number of nitrogens with zero attached hydrogens (tertiary/aromatic N) is 2. The molecule has 0 fully saturated rings. The summed E-state index contributed by atoms with van der Waals surface area (Å²) in [6.07, 6.45) is -0.0175. The van der Waals surface area contributed by atoms with Gasteiger partial charge in [-0.05, 0) is 59.9 Å². The van der Waals surface area contributed by atoms with E-state index in [4.69, 9.17) is 10.5 Å². The van der Waals surface area contributed by atoms with Gasteiger partial charge in [0.25, 0.3) is 0 Å². The van der Waals surface area contributed by atoms with E-state index < -0.39 is 0 Å². The molecule has 0 saturated heterocycles. The van der Waals surface area contributed by atoms with Crippen molar-refractivity contribution in [1.82, 2.24) is 4.98 Å². The van der Waals surface area contributed by atoms with Gasteiger partial charge in [-0.15, -0.1) is 0 Å². The number of phenolic OH excluding ortho intramolecular Hbond substituents is 1. The SMILES string of the molecule is COc1ccc(-c2cc(CC(=O)Nc3cc(C(C)C)c(O)cc3C)nc(N)c2C#N)cc1. The van der Waals surface area contributed by atoms with E-state index in [1.165, 1.54) is 0 Å². The molecule has 0 spiro atoms. The van der Waals surface area contributed by atoms with Crippen LogP contribution in [0.3, 0.4) is 0 Å². The number of aromatic hydroxyl groups is 1. The second kappa shape index (κ2) is 9.40. The predicted molar refractivity (Wildman–Crippen MR) is 125 cm³/mol. The number of methoxy groups -OCH3 is 1. The van der Waals surface area contributed by atoms with Crippen molar-refractivity contribution in [2.75, 3.05) is 18.2 Å². The van der Waals surface area contributed by atoms with Crippen LogP contribution in [0.5, 0.6) is 11.5 Å². The number of nitriles is 1. The van der Waals surface area contributed by atoms with E-state index in [0.717, 1.165) is 16.7 Å². The molecule has 1 heterocycles. The summed E-state index contributed by atoms with van der Waals surface area (Å²) in [6.45, 7) is 5.76. The molecule has 3 aromatic rings. The maximum Gasteiger partial charge on any atom is 0.230 e. The molecule has 164 valence electrons. The zero-order chi connectivity index (χ0) is 23.4. The molecule has 0 aliphatic carbocycles. The Hall–Kier alpha value is -4.05. The average molecular weight is 431 g/mol. The van der Waals surface area contributed by atoms with E-state index in [1.807, 2.05) is 32.9 Å². The van der Waals surface area contributed by atoms with Crippen LogP contribution in [0.1, 0.15) is 42.1 Å². The highest BCUT2D eigenvalue weighted by Gasteiger charge is 2.16. The quantitative estimate of drug-likeness (QED) is 0.494. The Balaban J connectivity index is 1.89. The number of anilines is 2. The Morgan fingerprint density at radius 1 is 1.25 bits per heavy atom. The number of phenols is 1. The zero-order valence-corrected chi connectivity index (χ0v) is 18.6. The lowest BCUT2D eigenvalue weighted by atomic mass is 9.98. The van der Waals surface area contributed by atoms with Gasteiger partial charge in [-0.3, -0.25) is 4.79 Å². The van der Waals surface area contributed by atoms with Crippen molar-refractivity contribution >= 4 is 17.4 Å². The van der Waals surface area contributed by atoms with Crippen molar-refractivity contribution in [1.29, 1.82) is 5.26 Å². The summed E-state index contributed by atoms with van der Waals surface area (Å²) in [5.41, 5.74) is 10.3. The molecule has 0 atom stereocenters. The summed E-state index contributed by atoms with van der Waals surface area (Å²) in [5.74, 6) is 0.815. The molecule has 0 radical (unpaired) electrons. The van der Waals surface area contributed by atoms with Crippen LogP contribution in [0.4, 0.5) is 11.5 Å². The number of nitrogens with one attached hydrogen (secondary N) is 1. The summed E-state index contributed by atoms with van der Waals surface area (Å²) in [4.78, 5) is 17.0. The van der Waals surface area contributed by atoms with Gasteiger partial charge in [0, 0.05) is 11.3 Å². The van der Waals surface area contributed by atoms with Crippen LogP contribution in [0.15, 0.2) is 42.5 Å². The third kappa shape index (κ3) is 4.81. The molecular formula is C25H26N4O3. The topological polar surface area (TPSA) is 121 Å². The number of nitrogen functional groups attached to an aromatic ring is 1. The molecule has 2 aromatic carbocycles. The van der Waals surface area contributed by atoms with Gasteiger partial charge in [0.05, 0.1) is 19.2 Å². The Morgan fingerprint density at radius 2 is 1.94 bits per heavy atom. The summed E-state index contributed by atoms with van der Waals surface area (Å²) < 4.78 is 5.19. The standard InChI is InChI=1S/C25H26N4O3/c1-14(2)19-12-22(15(3)9-23(19)30)29-24(31)11-17-10-20(21(13-26)25(27)28-17)16-5-7-18(32-4)8-6-16/h5-10,12,14,30H,11H2,1-4H3,(H2,27,28)(H,29,31). The molecule has 7 heteroatoms. The first-order valence-electron chi connectivity index (χ1n) is 10.2. The van der Waals surface area contributed by atoms with E-state index in [1.54, 1.807) is 37.4 Å². The lowest BCUT2D eigenvalue weighted by molar-refractivity contribution is -0.115. The van der Waals surface area contributed by atoms with E-state index in [2.05, 4.69) is 16.4 Å². The number of carbonyl (C=O) groups is 1. The highest BCUT2D eigenvalue weighted by atomic mass is 16.5. The third-order valence-corrected chi connectivity index (χ3v) is 5.22. The lowest BCUT2D eigenvalue weighted by Gasteiger charge is -2.15. The van der Waals surface area contributed by atoms with Crippen LogP contribution < -0.4 is 15.8 Å². The van der Waals surface area contributed by atoms with Gasteiger partial charge in [-0.1, -0.05) is 26.0 Å². The van der Waals surface area contributed by atoms with Gasteiger partial charge in [0.1, 0.15) is 28.9 Å². The molecule has 1 amide bonds. The van der Waals surface area contributed by atoms with Crippen molar-refractivity contribution < 1.29 is 14.6 Å². The summed E-state index contributed by atoms with van der Waals surface area (Å²) in [6, 6.07) is 14.5. The largest absolute Gasteiger partial charge is 0.508 e. The van der Waals surface area contributed by atoms with Crippen LogP contribution in [0.25, 0.3) is 11.1 Å². The number of nitrogens with two attached hydrogens (primary N) is 1. The molecule has 32 heavy (non-hydrogen) atoms. The van der Waals surface area contributed by atoms with Crippen LogP contribution in [-0.2, 0) is 11.2 Å². The van der Waals surface area contributed by atoms with Gasteiger partial charge in [-0.2, -0.15) is 5.26 Å². The molecule has 3 rings (SSSR count). The Morgan fingerprint density at radius 3 is 2.53 bits per heavy atom. The monoisotopic (exact) mass is 430 g/mol. The second-order valence-electron chi connectivity index (χ2n) is 7.87.